The molecule has 1 aromatic carbocycles. The zero-order valence-corrected chi connectivity index (χ0v) is 20.9. The normalized spacial score (nSPS) is 12.4. The Balaban J connectivity index is 1.36. The van der Waals surface area contributed by atoms with Crippen molar-refractivity contribution < 1.29 is 19.0 Å². The van der Waals surface area contributed by atoms with Gasteiger partial charge in [0.15, 0.2) is 28.8 Å². The van der Waals surface area contributed by atoms with Crippen LogP contribution in [-0.4, -0.2) is 48.1 Å². The summed E-state index contributed by atoms with van der Waals surface area (Å²) in [5.41, 5.74) is 1.15. The number of nitrogens with one attached hydrogen (secondary N) is 1. The molecule has 0 amide bonds. The van der Waals surface area contributed by atoms with E-state index < -0.39 is 5.56 Å². The van der Waals surface area contributed by atoms with Crippen molar-refractivity contribution in [2.75, 3.05) is 13.4 Å². The smallest absolute Gasteiger partial charge is 0.332 e. The number of nitrogens with zero attached hydrogens (tertiary/aromatic N) is 5. The Kier molecular flexibility index (Phi) is 6.55. The van der Waals surface area contributed by atoms with Crippen LogP contribution in [0.25, 0.3) is 22.7 Å². The second-order valence-electron chi connectivity index (χ2n) is 8.86. The van der Waals surface area contributed by atoms with Crippen LogP contribution in [0.15, 0.2) is 33.9 Å². The molecule has 0 unspecified atom stereocenters. The van der Waals surface area contributed by atoms with Crippen LogP contribution in [0, 0.1) is 0 Å². The maximum atomic E-state index is 13.0. The van der Waals surface area contributed by atoms with Gasteiger partial charge in [-0.15, -0.1) is 5.10 Å². The highest BCUT2D eigenvalue weighted by atomic mass is 16.7. The Bertz CT molecular complexity index is 1590. The molecule has 1 N–H and O–H groups in total. The number of imidazole rings is 1. The van der Waals surface area contributed by atoms with Crippen LogP contribution in [0.4, 0.5) is 0 Å². The fraction of sp³-hybridized carbons (Fsp3) is 0.400. The van der Waals surface area contributed by atoms with E-state index in [2.05, 4.69) is 15.1 Å². The molecule has 12 nitrogen and oxygen atoms in total. The Morgan fingerprint density at radius 1 is 1.08 bits per heavy atom. The number of aryl methyl sites for hydroxylation is 2. The average Bonchev–Trinajstić information content (AvgIpc) is 3.61. The van der Waals surface area contributed by atoms with E-state index in [0.717, 1.165) is 5.56 Å². The number of ether oxygens (including phenoxy) is 3. The van der Waals surface area contributed by atoms with E-state index in [1.165, 1.54) is 9.13 Å². The maximum absolute atomic E-state index is 13.0. The van der Waals surface area contributed by atoms with Crippen molar-refractivity contribution in [1.29, 1.82) is 0 Å². The third kappa shape index (κ3) is 4.61. The predicted molar refractivity (Wildman–Crippen MR) is 134 cm³/mol. The number of Topliss-reactive ketones (excluding diaryl/α,β-unsaturated/α-hetero) is 1. The molecule has 0 bridgehead atoms. The first-order valence-corrected chi connectivity index (χ1v) is 12.2. The van der Waals surface area contributed by atoms with Crippen molar-refractivity contribution in [3.05, 3.63) is 50.7 Å². The van der Waals surface area contributed by atoms with Gasteiger partial charge >= 0.3 is 5.69 Å². The van der Waals surface area contributed by atoms with Gasteiger partial charge in [0, 0.05) is 32.6 Å². The van der Waals surface area contributed by atoms with Gasteiger partial charge in [0.05, 0.1) is 0 Å². The molecule has 5 rings (SSSR count). The number of carbonyl (C=O) groups excluding carboxylic acids is 1. The molecule has 3 aromatic heterocycles. The Labute approximate surface area is 211 Å². The highest BCUT2D eigenvalue weighted by molar-refractivity contribution is 5.82. The first-order chi connectivity index (χ1) is 17.9. The highest BCUT2D eigenvalue weighted by Gasteiger charge is 2.20. The molecular formula is C25H28N6O6. The summed E-state index contributed by atoms with van der Waals surface area (Å²) >= 11 is 0. The molecule has 1 aliphatic rings. The fourth-order valence-corrected chi connectivity index (χ4v) is 4.35. The number of fused-ring (bicyclic) bond motifs is 2. The van der Waals surface area contributed by atoms with Crippen molar-refractivity contribution in [2.45, 2.75) is 46.2 Å². The summed E-state index contributed by atoms with van der Waals surface area (Å²) in [6.07, 6.45) is 1.55. The topological polar surface area (TPSA) is 135 Å². The van der Waals surface area contributed by atoms with Gasteiger partial charge in [0.25, 0.3) is 5.56 Å². The van der Waals surface area contributed by atoms with Crippen LogP contribution >= 0.6 is 0 Å². The zero-order valence-electron chi connectivity index (χ0n) is 20.9. The molecule has 0 radical (unpaired) electrons. The number of ketones is 1. The van der Waals surface area contributed by atoms with Crippen molar-refractivity contribution in [1.82, 2.24) is 28.9 Å². The number of H-pyrrole nitrogens is 1. The third-order valence-corrected chi connectivity index (χ3v) is 6.07. The molecule has 194 valence electrons. The number of benzene rings is 1. The van der Waals surface area contributed by atoms with Gasteiger partial charge in [-0.3, -0.25) is 23.4 Å². The Morgan fingerprint density at radius 2 is 1.84 bits per heavy atom. The van der Waals surface area contributed by atoms with E-state index in [1.807, 2.05) is 19.9 Å². The fourth-order valence-electron chi connectivity index (χ4n) is 4.35. The highest BCUT2D eigenvalue weighted by Crippen LogP contribution is 2.32. The van der Waals surface area contributed by atoms with Crippen LogP contribution in [0.3, 0.4) is 0 Å². The van der Waals surface area contributed by atoms with Gasteiger partial charge in [0.2, 0.25) is 12.7 Å². The lowest BCUT2D eigenvalue weighted by atomic mass is 10.1. The molecule has 0 saturated heterocycles. The van der Waals surface area contributed by atoms with E-state index in [9.17, 15) is 14.4 Å². The molecule has 0 aliphatic carbocycles. The van der Waals surface area contributed by atoms with E-state index in [0.29, 0.717) is 54.6 Å². The lowest BCUT2D eigenvalue weighted by molar-refractivity contribution is -0.120. The van der Waals surface area contributed by atoms with Crippen LogP contribution in [0.2, 0.25) is 0 Å². The predicted octanol–water partition coefficient (Wildman–Crippen LogP) is 2.03. The summed E-state index contributed by atoms with van der Waals surface area (Å²) in [5.74, 6) is 1.77. The Morgan fingerprint density at radius 3 is 2.62 bits per heavy atom. The lowest BCUT2D eigenvalue weighted by Crippen LogP contribution is -2.40. The van der Waals surface area contributed by atoms with Gasteiger partial charge in [-0.05, 0) is 30.5 Å². The molecule has 12 heteroatoms. The standard InChI is InChI=1S/C25H28N6O6/c1-4-8-30-23-21(24(33)31(9-5-2)25(30)34)26-22(27-23)17-12-20(28-29(17)3)35-13-16(32)10-15-6-7-18-19(11-15)37-14-36-18/h6-7,11-12H,4-5,8-10,13-14H2,1-3H3,(H,26,27). The van der Waals surface area contributed by atoms with E-state index in [4.69, 9.17) is 14.2 Å². The third-order valence-electron chi connectivity index (χ3n) is 6.07. The lowest BCUT2D eigenvalue weighted by Gasteiger charge is -2.09. The maximum Gasteiger partial charge on any atom is 0.332 e. The first kappa shape index (κ1) is 24.3. The van der Waals surface area contributed by atoms with Crippen LogP contribution < -0.4 is 25.5 Å². The number of aromatic amines is 1. The molecule has 0 saturated carbocycles. The second-order valence-corrected chi connectivity index (χ2v) is 8.86. The van der Waals surface area contributed by atoms with E-state index in [1.54, 1.807) is 29.9 Å². The molecule has 0 atom stereocenters. The first-order valence-electron chi connectivity index (χ1n) is 12.2. The van der Waals surface area contributed by atoms with Crippen LogP contribution in [0.1, 0.15) is 32.3 Å². The summed E-state index contributed by atoms with van der Waals surface area (Å²) in [4.78, 5) is 46.1. The van der Waals surface area contributed by atoms with Gasteiger partial charge in [-0.1, -0.05) is 19.9 Å². The second kappa shape index (κ2) is 9.96. The molecule has 4 heterocycles. The minimum absolute atomic E-state index is 0.130. The van der Waals surface area contributed by atoms with Gasteiger partial charge in [-0.2, -0.15) is 0 Å². The minimum Gasteiger partial charge on any atom is -0.469 e. The number of hydrogen-bond donors (Lipinski definition) is 1. The van der Waals surface area contributed by atoms with Crippen LogP contribution in [0.5, 0.6) is 17.4 Å². The largest absolute Gasteiger partial charge is 0.469 e. The molecule has 1 aliphatic heterocycles. The van der Waals surface area contributed by atoms with Gasteiger partial charge in [-0.25, -0.2) is 9.78 Å². The molecule has 4 aromatic rings. The average molecular weight is 509 g/mol. The summed E-state index contributed by atoms with van der Waals surface area (Å²) < 4.78 is 20.6. The van der Waals surface area contributed by atoms with Crippen molar-refractivity contribution >= 4 is 16.9 Å². The minimum atomic E-state index is -0.402. The van der Waals surface area contributed by atoms with Crippen molar-refractivity contribution in [2.24, 2.45) is 7.05 Å². The van der Waals surface area contributed by atoms with Gasteiger partial charge in [0.1, 0.15) is 17.8 Å². The SMILES string of the molecule is CCCn1c(=O)c2[nH]c(-c3cc(OCC(=O)Cc4ccc5c(c4)OCO5)nn3C)nc2n(CCC)c1=O. The quantitative estimate of drug-likeness (QED) is 0.344. The van der Waals surface area contributed by atoms with Crippen molar-refractivity contribution in [3.63, 3.8) is 0 Å². The number of rotatable bonds is 10. The number of carbonyl (C=O) groups is 1. The number of aromatic nitrogens is 6. The Hall–Kier alpha value is -4.35. The summed E-state index contributed by atoms with van der Waals surface area (Å²) in [6, 6.07) is 7.02. The molecule has 0 spiro atoms. The molecule has 0 fully saturated rings. The van der Waals surface area contributed by atoms with E-state index >= 15 is 0 Å². The van der Waals surface area contributed by atoms with E-state index in [-0.39, 0.29) is 42.7 Å². The molecular weight excluding hydrogens is 480 g/mol. The van der Waals surface area contributed by atoms with Crippen LogP contribution in [-0.2, 0) is 31.4 Å². The monoisotopic (exact) mass is 508 g/mol. The summed E-state index contributed by atoms with van der Waals surface area (Å²) in [5, 5.41) is 4.32. The summed E-state index contributed by atoms with van der Waals surface area (Å²) in [7, 11) is 1.71. The molecule has 37 heavy (non-hydrogen) atoms. The van der Waals surface area contributed by atoms with Gasteiger partial charge < -0.3 is 19.2 Å². The van der Waals surface area contributed by atoms with Crippen molar-refractivity contribution in [3.8, 4) is 28.9 Å². The number of hydrogen-bond acceptors (Lipinski definition) is 8. The summed E-state index contributed by atoms with van der Waals surface area (Å²) in [6.45, 7) is 4.65. The zero-order chi connectivity index (χ0) is 26.1.